The number of allylic oxidation sites excluding steroid dienone is 4. The van der Waals surface area contributed by atoms with Crippen molar-refractivity contribution in [3.05, 3.63) is 53.6 Å². The van der Waals surface area contributed by atoms with Gasteiger partial charge < -0.3 is 0 Å². The molecule has 3 nitrogen and oxygen atoms in total. The van der Waals surface area contributed by atoms with E-state index < -0.39 is 0 Å². The van der Waals surface area contributed by atoms with E-state index in [1.54, 1.807) is 0 Å². The standard InChI is InChI=1S/C20H23NO2/c1-14(2)7-6-8-15-11-12-17-18(13-15)20(23)21(19(17)22)16-9-4-3-5-10-16/h3-5,7-10,17-18H,6,11-13H2,1-2H3. The van der Waals surface area contributed by atoms with Gasteiger partial charge in [0.2, 0.25) is 11.8 Å². The maximum absolute atomic E-state index is 12.7. The Hall–Kier alpha value is -2.16. The third-order valence-corrected chi connectivity index (χ3v) is 4.77. The van der Waals surface area contributed by atoms with E-state index in [9.17, 15) is 9.59 Å². The lowest BCUT2D eigenvalue weighted by atomic mass is 9.78. The fourth-order valence-electron chi connectivity index (χ4n) is 3.54. The largest absolute Gasteiger partial charge is 0.274 e. The molecule has 2 atom stereocenters. The first-order chi connectivity index (χ1) is 11.1. The van der Waals surface area contributed by atoms with Gasteiger partial charge in [0.25, 0.3) is 0 Å². The van der Waals surface area contributed by atoms with E-state index in [0.717, 1.165) is 25.7 Å². The molecule has 1 saturated carbocycles. The maximum Gasteiger partial charge on any atom is 0.238 e. The van der Waals surface area contributed by atoms with Gasteiger partial charge in [-0.15, -0.1) is 0 Å². The van der Waals surface area contributed by atoms with Crippen LogP contribution in [0.5, 0.6) is 0 Å². The number of nitrogens with zero attached hydrogens (tertiary/aromatic N) is 1. The molecule has 3 heteroatoms. The number of anilines is 1. The van der Waals surface area contributed by atoms with Crippen LogP contribution in [0, 0.1) is 11.8 Å². The highest BCUT2D eigenvalue weighted by Crippen LogP contribution is 2.42. The van der Waals surface area contributed by atoms with Crippen LogP contribution in [0.15, 0.2) is 53.6 Å². The van der Waals surface area contributed by atoms with Crippen molar-refractivity contribution in [1.29, 1.82) is 0 Å². The molecule has 0 spiro atoms. The number of para-hydroxylation sites is 1. The maximum atomic E-state index is 12.7. The highest BCUT2D eigenvalue weighted by Gasteiger charge is 2.49. The molecule has 1 aromatic rings. The van der Waals surface area contributed by atoms with Gasteiger partial charge in [-0.25, -0.2) is 0 Å². The van der Waals surface area contributed by atoms with Gasteiger partial charge >= 0.3 is 0 Å². The Morgan fingerprint density at radius 3 is 2.52 bits per heavy atom. The van der Waals surface area contributed by atoms with Crippen molar-refractivity contribution in [2.45, 2.75) is 39.5 Å². The average molecular weight is 309 g/mol. The van der Waals surface area contributed by atoms with Gasteiger partial charge in [-0.1, -0.05) is 41.5 Å². The topological polar surface area (TPSA) is 37.4 Å². The minimum Gasteiger partial charge on any atom is -0.274 e. The summed E-state index contributed by atoms with van der Waals surface area (Å²) >= 11 is 0. The van der Waals surface area contributed by atoms with Crippen LogP contribution in [0.3, 0.4) is 0 Å². The van der Waals surface area contributed by atoms with Gasteiger partial charge in [-0.3, -0.25) is 14.5 Å². The number of hydrogen-bond acceptors (Lipinski definition) is 2. The van der Waals surface area contributed by atoms with Crippen molar-refractivity contribution in [3.8, 4) is 0 Å². The van der Waals surface area contributed by atoms with Gasteiger partial charge in [0.15, 0.2) is 0 Å². The smallest absolute Gasteiger partial charge is 0.238 e. The third-order valence-electron chi connectivity index (χ3n) is 4.77. The van der Waals surface area contributed by atoms with Crippen molar-refractivity contribution < 1.29 is 9.59 Å². The Bertz CT molecular complexity index is 668. The first-order valence-electron chi connectivity index (χ1n) is 8.32. The summed E-state index contributed by atoms with van der Waals surface area (Å²) in [5, 5.41) is 0. The fraction of sp³-hybridized carbons (Fsp3) is 0.400. The number of fused-ring (bicyclic) bond motifs is 1. The van der Waals surface area contributed by atoms with E-state index >= 15 is 0 Å². The van der Waals surface area contributed by atoms with Crippen LogP contribution >= 0.6 is 0 Å². The fourth-order valence-corrected chi connectivity index (χ4v) is 3.54. The summed E-state index contributed by atoms with van der Waals surface area (Å²) in [6.45, 7) is 4.18. The SMILES string of the molecule is CC(C)=CCC=C1CCC2C(=O)N(c3ccccc3)C(=O)C2C1. The number of carbonyl (C=O) groups excluding carboxylic acids is 2. The Morgan fingerprint density at radius 2 is 1.83 bits per heavy atom. The number of benzene rings is 1. The molecule has 1 saturated heterocycles. The van der Waals surface area contributed by atoms with E-state index in [1.807, 2.05) is 30.3 Å². The second kappa shape index (κ2) is 6.53. The molecule has 0 bridgehead atoms. The third kappa shape index (κ3) is 3.14. The Labute approximate surface area is 137 Å². The van der Waals surface area contributed by atoms with Crippen molar-refractivity contribution in [1.82, 2.24) is 0 Å². The molecule has 1 aliphatic heterocycles. The molecule has 120 valence electrons. The van der Waals surface area contributed by atoms with Crippen LogP contribution in [0.1, 0.15) is 39.5 Å². The lowest BCUT2D eigenvalue weighted by Gasteiger charge is -2.23. The molecule has 1 aliphatic carbocycles. The monoisotopic (exact) mass is 309 g/mol. The molecule has 0 aromatic heterocycles. The molecule has 3 rings (SSSR count). The summed E-state index contributed by atoms with van der Waals surface area (Å²) in [6, 6.07) is 9.29. The quantitative estimate of drug-likeness (QED) is 0.618. The number of rotatable bonds is 3. The van der Waals surface area contributed by atoms with Crippen LogP contribution in [0.4, 0.5) is 5.69 Å². The highest BCUT2D eigenvalue weighted by atomic mass is 16.2. The molecular formula is C20H23NO2. The van der Waals surface area contributed by atoms with E-state index in [-0.39, 0.29) is 23.7 Å². The van der Waals surface area contributed by atoms with Crippen LogP contribution in [-0.4, -0.2) is 11.8 Å². The summed E-state index contributed by atoms with van der Waals surface area (Å²) in [4.78, 5) is 26.8. The van der Waals surface area contributed by atoms with Gasteiger partial charge in [-0.2, -0.15) is 0 Å². The number of hydrogen-bond donors (Lipinski definition) is 0. The summed E-state index contributed by atoms with van der Waals surface area (Å²) in [7, 11) is 0. The second-order valence-corrected chi connectivity index (χ2v) is 6.68. The predicted molar refractivity (Wildman–Crippen MR) is 91.9 cm³/mol. The van der Waals surface area contributed by atoms with Crippen molar-refractivity contribution in [2.24, 2.45) is 11.8 Å². The summed E-state index contributed by atoms with van der Waals surface area (Å²) in [5.74, 6) is -0.355. The minimum atomic E-state index is -0.172. The van der Waals surface area contributed by atoms with Gasteiger partial charge in [0.05, 0.1) is 17.5 Å². The Kier molecular flexibility index (Phi) is 4.46. The number of amides is 2. The van der Waals surface area contributed by atoms with E-state index in [2.05, 4.69) is 26.0 Å². The molecule has 23 heavy (non-hydrogen) atoms. The lowest BCUT2D eigenvalue weighted by molar-refractivity contribution is -0.122. The molecular weight excluding hydrogens is 286 g/mol. The van der Waals surface area contributed by atoms with E-state index in [1.165, 1.54) is 16.0 Å². The normalized spacial score (nSPS) is 25.7. The van der Waals surface area contributed by atoms with Gasteiger partial charge in [0.1, 0.15) is 0 Å². The summed E-state index contributed by atoms with van der Waals surface area (Å²) < 4.78 is 0. The molecule has 0 N–H and O–H groups in total. The molecule has 2 unspecified atom stereocenters. The average Bonchev–Trinajstić information content (AvgIpc) is 2.79. The lowest BCUT2D eigenvalue weighted by Crippen LogP contribution is -2.30. The first kappa shape index (κ1) is 15.7. The first-order valence-corrected chi connectivity index (χ1v) is 8.32. The number of carbonyl (C=O) groups is 2. The zero-order valence-electron chi connectivity index (χ0n) is 13.8. The van der Waals surface area contributed by atoms with E-state index in [0.29, 0.717) is 5.69 Å². The molecule has 2 fully saturated rings. The number of imide groups is 1. The zero-order chi connectivity index (χ0) is 16.4. The summed E-state index contributed by atoms with van der Waals surface area (Å²) in [6.07, 6.45) is 7.79. The second-order valence-electron chi connectivity index (χ2n) is 6.68. The van der Waals surface area contributed by atoms with Crippen molar-refractivity contribution in [2.75, 3.05) is 4.90 Å². The van der Waals surface area contributed by atoms with E-state index in [4.69, 9.17) is 0 Å². The van der Waals surface area contributed by atoms with Crippen LogP contribution in [0.2, 0.25) is 0 Å². The van der Waals surface area contributed by atoms with Crippen molar-refractivity contribution in [3.63, 3.8) is 0 Å². The highest BCUT2D eigenvalue weighted by molar-refractivity contribution is 6.22. The molecule has 1 aromatic carbocycles. The van der Waals surface area contributed by atoms with Crippen LogP contribution in [-0.2, 0) is 9.59 Å². The predicted octanol–water partition coefficient (Wildman–Crippen LogP) is 4.26. The van der Waals surface area contributed by atoms with Crippen LogP contribution < -0.4 is 4.90 Å². The van der Waals surface area contributed by atoms with Gasteiger partial charge in [-0.05, 0) is 51.7 Å². The van der Waals surface area contributed by atoms with Crippen LogP contribution in [0.25, 0.3) is 0 Å². The zero-order valence-corrected chi connectivity index (χ0v) is 13.8. The molecule has 2 aliphatic rings. The van der Waals surface area contributed by atoms with Gasteiger partial charge in [0, 0.05) is 0 Å². The van der Waals surface area contributed by atoms with Crippen molar-refractivity contribution >= 4 is 17.5 Å². The Morgan fingerprint density at radius 1 is 1.13 bits per heavy atom. The molecule has 1 heterocycles. The molecule has 0 radical (unpaired) electrons. The Balaban J connectivity index is 1.78. The minimum absolute atomic E-state index is 0.0189. The molecule has 2 amide bonds. The summed E-state index contributed by atoms with van der Waals surface area (Å²) in [5.41, 5.74) is 3.32.